The maximum Gasteiger partial charge on any atom is 0.178 e. The summed E-state index contributed by atoms with van der Waals surface area (Å²) in [6.45, 7) is 2.27. The van der Waals surface area contributed by atoms with E-state index in [1.54, 1.807) is 23.1 Å². The fourth-order valence-corrected chi connectivity index (χ4v) is 2.82. The molecule has 3 rings (SSSR count). The van der Waals surface area contributed by atoms with E-state index in [0.717, 1.165) is 17.8 Å². The molecule has 0 spiro atoms. The standard InChI is InChI=1S/C14H17N5/c1-10-4-2-3-5-12(10)18-13-11(8-15)9-17-19-7-6-16-14(13)19/h6-7,9-10,12,18H,2-5H2,1H3. The molecular weight excluding hydrogens is 238 g/mol. The van der Waals surface area contributed by atoms with E-state index in [1.165, 1.54) is 19.3 Å². The Morgan fingerprint density at radius 3 is 3.05 bits per heavy atom. The molecule has 5 heteroatoms. The largest absolute Gasteiger partial charge is 0.378 e. The Hall–Kier alpha value is -2.09. The molecule has 2 atom stereocenters. The highest BCUT2D eigenvalue weighted by Crippen LogP contribution is 2.29. The summed E-state index contributed by atoms with van der Waals surface area (Å²) >= 11 is 0. The van der Waals surface area contributed by atoms with Crippen molar-refractivity contribution < 1.29 is 0 Å². The Kier molecular flexibility index (Phi) is 3.08. The minimum atomic E-state index is 0.420. The Morgan fingerprint density at radius 1 is 1.42 bits per heavy atom. The van der Waals surface area contributed by atoms with Gasteiger partial charge in [0.1, 0.15) is 6.07 Å². The minimum absolute atomic E-state index is 0.420. The molecule has 2 aromatic heterocycles. The van der Waals surface area contributed by atoms with Gasteiger partial charge in [-0.1, -0.05) is 19.8 Å². The minimum Gasteiger partial charge on any atom is -0.378 e. The van der Waals surface area contributed by atoms with Crippen LogP contribution in [0.25, 0.3) is 5.65 Å². The lowest BCUT2D eigenvalue weighted by atomic mass is 9.86. The molecule has 0 bridgehead atoms. The number of fused-ring (bicyclic) bond motifs is 1. The maximum absolute atomic E-state index is 9.24. The predicted octanol–water partition coefficient (Wildman–Crippen LogP) is 2.59. The second kappa shape index (κ2) is 4.88. The summed E-state index contributed by atoms with van der Waals surface area (Å²) in [6, 6.07) is 2.62. The molecular formula is C14H17N5. The Labute approximate surface area is 112 Å². The normalized spacial score (nSPS) is 23.2. The number of anilines is 1. The van der Waals surface area contributed by atoms with Gasteiger partial charge in [0.2, 0.25) is 0 Å². The fraction of sp³-hybridized carbons (Fsp3) is 0.500. The van der Waals surface area contributed by atoms with Gasteiger partial charge in [0.25, 0.3) is 0 Å². The van der Waals surface area contributed by atoms with Crippen LogP contribution in [0.3, 0.4) is 0 Å². The van der Waals surface area contributed by atoms with Crippen molar-refractivity contribution in [1.29, 1.82) is 5.26 Å². The zero-order chi connectivity index (χ0) is 13.2. The molecule has 2 aromatic rings. The first kappa shape index (κ1) is 12.0. The van der Waals surface area contributed by atoms with E-state index in [1.807, 2.05) is 0 Å². The Balaban J connectivity index is 1.98. The molecule has 0 aromatic carbocycles. The van der Waals surface area contributed by atoms with Gasteiger partial charge in [-0.2, -0.15) is 10.4 Å². The average molecular weight is 255 g/mol. The van der Waals surface area contributed by atoms with Gasteiger partial charge in [0.05, 0.1) is 17.4 Å². The SMILES string of the molecule is CC1CCCCC1Nc1c(C#N)cnn2ccnc12. The van der Waals surface area contributed by atoms with E-state index in [9.17, 15) is 5.26 Å². The van der Waals surface area contributed by atoms with Crippen LogP contribution in [-0.4, -0.2) is 20.6 Å². The van der Waals surface area contributed by atoms with Crippen molar-refractivity contribution in [1.82, 2.24) is 14.6 Å². The Bertz CT molecular complexity index is 624. The number of aromatic nitrogens is 3. The third kappa shape index (κ3) is 2.14. The highest BCUT2D eigenvalue weighted by Gasteiger charge is 2.23. The third-order valence-electron chi connectivity index (χ3n) is 3.99. The predicted molar refractivity (Wildman–Crippen MR) is 72.7 cm³/mol. The van der Waals surface area contributed by atoms with Crippen molar-refractivity contribution >= 4 is 11.3 Å². The van der Waals surface area contributed by atoms with Crippen LogP contribution >= 0.6 is 0 Å². The Morgan fingerprint density at radius 2 is 2.26 bits per heavy atom. The van der Waals surface area contributed by atoms with Gasteiger partial charge in [-0.3, -0.25) is 0 Å². The lowest BCUT2D eigenvalue weighted by Crippen LogP contribution is -2.31. The number of nitrogens with zero attached hydrogens (tertiary/aromatic N) is 4. The smallest absolute Gasteiger partial charge is 0.178 e. The summed E-state index contributed by atoms with van der Waals surface area (Å²) < 4.78 is 1.71. The first-order chi connectivity index (χ1) is 9.29. The van der Waals surface area contributed by atoms with Crippen LogP contribution in [-0.2, 0) is 0 Å². The number of nitrogens with one attached hydrogen (secondary N) is 1. The van der Waals surface area contributed by atoms with Gasteiger partial charge in [-0.25, -0.2) is 9.50 Å². The summed E-state index contributed by atoms with van der Waals surface area (Å²) in [6.07, 6.45) is 10.1. The van der Waals surface area contributed by atoms with Gasteiger partial charge < -0.3 is 5.32 Å². The molecule has 1 saturated carbocycles. The molecule has 5 nitrogen and oxygen atoms in total. The molecule has 1 aliphatic rings. The van der Waals surface area contributed by atoms with Crippen LogP contribution in [0, 0.1) is 17.2 Å². The molecule has 2 heterocycles. The summed E-state index contributed by atoms with van der Waals surface area (Å²) in [5, 5.41) is 17.0. The van der Waals surface area contributed by atoms with E-state index in [2.05, 4.69) is 28.4 Å². The number of hydrogen-bond donors (Lipinski definition) is 1. The summed E-state index contributed by atoms with van der Waals surface area (Å²) in [4.78, 5) is 4.30. The van der Waals surface area contributed by atoms with Crippen LogP contribution in [0.4, 0.5) is 5.69 Å². The lowest BCUT2D eigenvalue weighted by Gasteiger charge is -2.30. The first-order valence-electron chi connectivity index (χ1n) is 6.78. The molecule has 0 amide bonds. The molecule has 1 fully saturated rings. The van der Waals surface area contributed by atoms with Gasteiger partial charge in [-0.15, -0.1) is 0 Å². The molecule has 1 N–H and O–H groups in total. The van der Waals surface area contributed by atoms with E-state index in [0.29, 0.717) is 17.5 Å². The number of hydrogen-bond acceptors (Lipinski definition) is 4. The van der Waals surface area contributed by atoms with Crippen molar-refractivity contribution in [3.8, 4) is 6.07 Å². The first-order valence-corrected chi connectivity index (χ1v) is 6.78. The molecule has 2 unspecified atom stereocenters. The molecule has 19 heavy (non-hydrogen) atoms. The molecule has 1 aliphatic carbocycles. The van der Waals surface area contributed by atoms with Gasteiger partial charge in [-0.05, 0) is 18.8 Å². The zero-order valence-corrected chi connectivity index (χ0v) is 11.0. The van der Waals surface area contributed by atoms with E-state index < -0.39 is 0 Å². The lowest BCUT2D eigenvalue weighted by molar-refractivity contribution is 0.349. The molecule has 0 radical (unpaired) electrons. The van der Waals surface area contributed by atoms with Gasteiger partial charge in [0.15, 0.2) is 5.65 Å². The number of rotatable bonds is 2. The summed E-state index contributed by atoms with van der Waals surface area (Å²) in [5.74, 6) is 0.628. The van der Waals surface area contributed by atoms with Gasteiger partial charge >= 0.3 is 0 Å². The quantitative estimate of drug-likeness (QED) is 0.895. The van der Waals surface area contributed by atoms with Crippen molar-refractivity contribution in [2.24, 2.45) is 5.92 Å². The second-order valence-electron chi connectivity index (χ2n) is 5.25. The van der Waals surface area contributed by atoms with Crippen molar-refractivity contribution in [2.75, 3.05) is 5.32 Å². The van der Waals surface area contributed by atoms with Gasteiger partial charge in [0, 0.05) is 18.4 Å². The monoisotopic (exact) mass is 255 g/mol. The molecule has 98 valence electrons. The number of imidazole rings is 1. The second-order valence-corrected chi connectivity index (χ2v) is 5.25. The summed E-state index contributed by atoms with van der Waals surface area (Å²) in [7, 11) is 0. The summed E-state index contributed by atoms with van der Waals surface area (Å²) in [5.41, 5.74) is 2.12. The van der Waals surface area contributed by atoms with E-state index in [-0.39, 0.29) is 0 Å². The molecule has 0 aliphatic heterocycles. The van der Waals surface area contributed by atoms with Crippen LogP contribution in [0.5, 0.6) is 0 Å². The highest BCUT2D eigenvalue weighted by molar-refractivity contribution is 5.74. The van der Waals surface area contributed by atoms with Crippen LogP contribution in [0.15, 0.2) is 18.6 Å². The maximum atomic E-state index is 9.24. The van der Waals surface area contributed by atoms with Crippen molar-refractivity contribution in [3.63, 3.8) is 0 Å². The van der Waals surface area contributed by atoms with Crippen LogP contribution in [0.2, 0.25) is 0 Å². The fourth-order valence-electron chi connectivity index (χ4n) is 2.82. The van der Waals surface area contributed by atoms with Crippen LogP contribution < -0.4 is 5.32 Å². The number of nitriles is 1. The third-order valence-corrected chi connectivity index (χ3v) is 3.99. The zero-order valence-electron chi connectivity index (χ0n) is 11.0. The van der Waals surface area contributed by atoms with E-state index in [4.69, 9.17) is 0 Å². The van der Waals surface area contributed by atoms with Crippen molar-refractivity contribution in [2.45, 2.75) is 38.6 Å². The average Bonchev–Trinajstić information content (AvgIpc) is 2.90. The van der Waals surface area contributed by atoms with E-state index >= 15 is 0 Å². The highest BCUT2D eigenvalue weighted by atomic mass is 15.2. The topological polar surface area (TPSA) is 66.0 Å². The van der Waals surface area contributed by atoms with Crippen molar-refractivity contribution in [3.05, 3.63) is 24.2 Å². The van der Waals surface area contributed by atoms with Crippen LogP contribution in [0.1, 0.15) is 38.2 Å². The molecule has 0 saturated heterocycles.